The molecule has 25 heavy (non-hydrogen) atoms. The molecule has 126 valence electrons. The number of ether oxygens (including phenoxy) is 1. The van der Waals surface area contributed by atoms with Crippen molar-refractivity contribution in [2.75, 3.05) is 12.4 Å². The molecule has 0 aliphatic rings. The second-order valence-corrected chi connectivity index (χ2v) is 6.42. The zero-order valence-electron chi connectivity index (χ0n) is 14.0. The van der Waals surface area contributed by atoms with E-state index in [9.17, 15) is 0 Å². The lowest BCUT2D eigenvalue weighted by atomic mass is 10.2. The minimum absolute atomic E-state index is 0.473. The number of nitrogens with one attached hydrogen (secondary N) is 1. The number of aromatic nitrogens is 5. The van der Waals surface area contributed by atoms with Crippen molar-refractivity contribution in [2.45, 2.75) is 13.8 Å². The summed E-state index contributed by atoms with van der Waals surface area (Å²) in [4.78, 5) is 14.0. The molecule has 0 aliphatic carbocycles. The standard InChI is InChI=1S/C17H16N6OS/c1-10-7-11(2)19-15(18-10)20-16-21-17-23(22-16)14(9-25-17)12-5-4-6-13(8-12)24-3/h4-9H,1-3H3,(H,18,19,20,22). The number of methoxy groups -OCH3 is 1. The highest BCUT2D eigenvalue weighted by molar-refractivity contribution is 7.15. The molecule has 0 spiro atoms. The van der Waals surface area contributed by atoms with Gasteiger partial charge < -0.3 is 4.74 Å². The van der Waals surface area contributed by atoms with Gasteiger partial charge in [-0.1, -0.05) is 12.1 Å². The highest BCUT2D eigenvalue weighted by atomic mass is 32.1. The fraction of sp³-hybridized carbons (Fsp3) is 0.176. The van der Waals surface area contributed by atoms with E-state index in [0.29, 0.717) is 11.9 Å². The summed E-state index contributed by atoms with van der Waals surface area (Å²) < 4.78 is 7.11. The molecule has 7 nitrogen and oxygen atoms in total. The molecule has 0 saturated heterocycles. The molecule has 0 bridgehead atoms. The fourth-order valence-corrected chi connectivity index (χ4v) is 3.43. The molecule has 3 heterocycles. The zero-order valence-corrected chi connectivity index (χ0v) is 14.8. The predicted octanol–water partition coefficient (Wildman–Crippen LogP) is 3.62. The number of benzene rings is 1. The van der Waals surface area contributed by atoms with Crippen molar-refractivity contribution in [1.29, 1.82) is 0 Å². The SMILES string of the molecule is COc1cccc(-c2csc3nc(Nc4nc(C)cc(C)n4)nn23)c1. The summed E-state index contributed by atoms with van der Waals surface area (Å²) in [6.07, 6.45) is 0. The summed E-state index contributed by atoms with van der Waals surface area (Å²) in [5.41, 5.74) is 3.77. The van der Waals surface area contributed by atoms with Gasteiger partial charge in [-0.15, -0.1) is 16.4 Å². The Bertz CT molecular complexity index is 1030. The topological polar surface area (TPSA) is 77.2 Å². The third-order valence-electron chi connectivity index (χ3n) is 3.65. The maximum Gasteiger partial charge on any atom is 0.250 e. The maximum atomic E-state index is 5.30. The van der Waals surface area contributed by atoms with E-state index in [-0.39, 0.29) is 0 Å². The minimum atomic E-state index is 0.473. The second kappa shape index (κ2) is 6.14. The van der Waals surface area contributed by atoms with Gasteiger partial charge in [0.1, 0.15) is 5.75 Å². The number of thiazole rings is 1. The number of rotatable bonds is 4. The van der Waals surface area contributed by atoms with Gasteiger partial charge in [0, 0.05) is 22.3 Å². The van der Waals surface area contributed by atoms with E-state index >= 15 is 0 Å². The quantitative estimate of drug-likeness (QED) is 0.604. The lowest BCUT2D eigenvalue weighted by Crippen LogP contribution is -2.01. The average Bonchev–Trinajstić information content (AvgIpc) is 3.13. The van der Waals surface area contributed by atoms with Crippen molar-refractivity contribution in [3.05, 3.63) is 47.1 Å². The number of aryl methyl sites for hydroxylation is 2. The summed E-state index contributed by atoms with van der Waals surface area (Å²) in [6, 6.07) is 9.79. The van der Waals surface area contributed by atoms with Crippen molar-refractivity contribution in [3.63, 3.8) is 0 Å². The highest BCUT2D eigenvalue weighted by Gasteiger charge is 2.13. The highest BCUT2D eigenvalue weighted by Crippen LogP contribution is 2.28. The molecular formula is C17H16N6OS. The van der Waals surface area contributed by atoms with Crippen LogP contribution in [0.5, 0.6) is 5.75 Å². The van der Waals surface area contributed by atoms with E-state index in [4.69, 9.17) is 4.74 Å². The van der Waals surface area contributed by atoms with Gasteiger partial charge in [-0.2, -0.15) is 4.98 Å². The molecule has 8 heteroatoms. The van der Waals surface area contributed by atoms with E-state index < -0.39 is 0 Å². The molecule has 1 aromatic carbocycles. The van der Waals surface area contributed by atoms with Gasteiger partial charge in [0.05, 0.1) is 12.8 Å². The van der Waals surface area contributed by atoms with Crippen LogP contribution in [0.25, 0.3) is 16.2 Å². The Balaban J connectivity index is 1.70. The molecule has 0 aliphatic heterocycles. The van der Waals surface area contributed by atoms with Crippen LogP contribution in [0.3, 0.4) is 0 Å². The predicted molar refractivity (Wildman–Crippen MR) is 97.6 cm³/mol. The summed E-state index contributed by atoms with van der Waals surface area (Å²) in [5, 5.41) is 9.65. The average molecular weight is 352 g/mol. The number of hydrogen-bond donors (Lipinski definition) is 1. The Labute approximate surface area is 148 Å². The molecule has 0 radical (unpaired) electrons. The Morgan fingerprint density at radius 1 is 1.04 bits per heavy atom. The van der Waals surface area contributed by atoms with Crippen molar-refractivity contribution in [2.24, 2.45) is 0 Å². The van der Waals surface area contributed by atoms with Crippen LogP contribution in [0.15, 0.2) is 35.7 Å². The van der Waals surface area contributed by atoms with Crippen LogP contribution >= 0.6 is 11.3 Å². The van der Waals surface area contributed by atoms with Crippen molar-refractivity contribution in [1.82, 2.24) is 24.6 Å². The van der Waals surface area contributed by atoms with Crippen LogP contribution in [0.1, 0.15) is 11.4 Å². The van der Waals surface area contributed by atoms with Crippen molar-refractivity contribution in [3.8, 4) is 17.0 Å². The lowest BCUT2D eigenvalue weighted by molar-refractivity contribution is 0.415. The third-order valence-corrected chi connectivity index (χ3v) is 4.47. The van der Waals surface area contributed by atoms with Gasteiger partial charge in [-0.3, -0.25) is 5.32 Å². The van der Waals surface area contributed by atoms with Crippen LogP contribution in [0.4, 0.5) is 11.9 Å². The number of fused-ring (bicyclic) bond motifs is 1. The van der Waals surface area contributed by atoms with Gasteiger partial charge >= 0.3 is 0 Å². The number of nitrogens with zero attached hydrogens (tertiary/aromatic N) is 5. The second-order valence-electron chi connectivity index (χ2n) is 5.58. The Morgan fingerprint density at radius 2 is 1.84 bits per heavy atom. The molecule has 4 aromatic rings. The van der Waals surface area contributed by atoms with E-state index in [2.05, 4.69) is 25.4 Å². The van der Waals surface area contributed by atoms with Crippen molar-refractivity contribution < 1.29 is 4.74 Å². The first-order valence-electron chi connectivity index (χ1n) is 7.70. The number of hydrogen-bond acceptors (Lipinski definition) is 7. The first-order valence-corrected chi connectivity index (χ1v) is 8.58. The molecule has 3 aromatic heterocycles. The van der Waals surface area contributed by atoms with Crippen LogP contribution in [-0.4, -0.2) is 31.7 Å². The lowest BCUT2D eigenvalue weighted by Gasteiger charge is -2.03. The molecule has 0 unspecified atom stereocenters. The molecule has 1 N–H and O–H groups in total. The normalized spacial score (nSPS) is 11.0. The van der Waals surface area contributed by atoms with Crippen molar-refractivity contribution >= 4 is 28.2 Å². The number of anilines is 2. The summed E-state index contributed by atoms with van der Waals surface area (Å²) >= 11 is 1.53. The molecular weight excluding hydrogens is 336 g/mol. The first kappa shape index (κ1) is 15.5. The Kier molecular flexibility index (Phi) is 3.81. The van der Waals surface area contributed by atoms with Gasteiger partial charge in [0.2, 0.25) is 10.9 Å². The fourth-order valence-electron chi connectivity index (χ4n) is 2.60. The monoisotopic (exact) mass is 352 g/mol. The van der Waals surface area contributed by atoms with Crippen LogP contribution in [-0.2, 0) is 0 Å². The van der Waals surface area contributed by atoms with Crippen LogP contribution < -0.4 is 10.1 Å². The van der Waals surface area contributed by atoms with E-state index in [1.165, 1.54) is 11.3 Å². The molecule has 0 amide bonds. The van der Waals surface area contributed by atoms with Crippen LogP contribution in [0.2, 0.25) is 0 Å². The summed E-state index contributed by atoms with van der Waals surface area (Å²) in [6.45, 7) is 3.86. The Morgan fingerprint density at radius 3 is 2.60 bits per heavy atom. The van der Waals surface area contributed by atoms with Gasteiger partial charge in [-0.25, -0.2) is 14.5 Å². The first-order chi connectivity index (χ1) is 12.1. The summed E-state index contributed by atoms with van der Waals surface area (Å²) in [7, 11) is 1.66. The minimum Gasteiger partial charge on any atom is -0.497 e. The molecule has 0 fully saturated rings. The zero-order chi connectivity index (χ0) is 17.4. The van der Waals surface area contributed by atoms with E-state index in [0.717, 1.165) is 33.4 Å². The van der Waals surface area contributed by atoms with Gasteiger partial charge in [0.15, 0.2) is 0 Å². The molecule has 4 rings (SSSR count). The van der Waals surface area contributed by atoms with Gasteiger partial charge in [0.25, 0.3) is 5.95 Å². The smallest absolute Gasteiger partial charge is 0.250 e. The maximum absolute atomic E-state index is 5.30. The van der Waals surface area contributed by atoms with E-state index in [1.54, 1.807) is 7.11 Å². The van der Waals surface area contributed by atoms with Gasteiger partial charge in [-0.05, 0) is 32.0 Å². The van der Waals surface area contributed by atoms with E-state index in [1.807, 2.05) is 54.1 Å². The molecule has 0 atom stereocenters. The Hall–Kier alpha value is -3.00. The van der Waals surface area contributed by atoms with Crippen LogP contribution in [0, 0.1) is 13.8 Å². The molecule has 0 saturated carbocycles. The summed E-state index contributed by atoms with van der Waals surface area (Å²) in [5.74, 6) is 1.78. The third kappa shape index (κ3) is 3.03. The largest absolute Gasteiger partial charge is 0.497 e.